The Morgan fingerprint density at radius 1 is 0.577 bits per heavy atom. The number of carbonyl (C=O) groups excluding carboxylic acids is 3. The molecule has 0 heterocycles. The van der Waals surface area contributed by atoms with E-state index in [1.165, 1.54) is 6.08 Å². The zero-order chi connectivity index (χ0) is 37.6. The molecular weight excluding hydrogens is 677 g/mol. The van der Waals surface area contributed by atoms with Crippen LogP contribution >= 0.6 is 0 Å². The number of nitrogen functional groups attached to an aromatic ring is 2. The second-order valence-corrected chi connectivity index (χ2v) is 12.5. The lowest BCUT2D eigenvalue weighted by molar-refractivity contribution is -0.138. The average molecular weight is 727 g/mol. The monoisotopic (exact) mass is 726 g/mol. The van der Waals surface area contributed by atoms with Crippen LogP contribution in [0.15, 0.2) is 72.8 Å². The first-order valence-corrected chi connectivity index (χ1v) is 17.8. The number of halogens is 3. The van der Waals surface area contributed by atoms with Gasteiger partial charge >= 0.3 is 24.1 Å². The molecule has 0 aliphatic rings. The highest BCUT2D eigenvalue weighted by Crippen LogP contribution is 2.23. The number of benzene rings is 3. The summed E-state index contributed by atoms with van der Waals surface area (Å²) in [5, 5.41) is 0. The van der Waals surface area contributed by atoms with Gasteiger partial charge in [-0.05, 0) is 98.3 Å². The fourth-order valence-corrected chi connectivity index (χ4v) is 5.16. The Morgan fingerprint density at radius 2 is 1.10 bits per heavy atom. The quantitative estimate of drug-likeness (QED) is 0.0321. The molecule has 0 amide bonds. The topological polar surface area (TPSA) is 140 Å². The third kappa shape index (κ3) is 17.8. The lowest BCUT2D eigenvalue weighted by atomic mass is 10.1. The Kier molecular flexibility index (Phi) is 18.1. The standard InChI is InChI=1S/C40H49F3N2O7/c41-40(42,43)23-9-8-12-24-49-35-20-16-31(17-21-35)39(48)52-36-18-13-30(14-19-36)15-22-37(46)50-25-10-6-4-2-1-3-5-7-11-26-51-38(47)32-27-33(44)29-34(45)28-32/h13-22,27-29H,1-12,23-26,44-45H2/b22-15+. The van der Waals surface area contributed by atoms with E-state index in [2.05, 4.69) is 0 Å². The van der Waals surface area contributed by atoms with Crippen molar-refractivity contribution in [2.75, 3.05) is 31.3 Å². The fraction of sp³-hybridized carbons (Fsp3) is 0.425. The Labute approximate surface area is 303 Å². The van der Waals surface area contributed by atoms with Crippen LogP contribution in [0.25, 0.3) is 6.08 Å². The predicted molar refractivity (Wildman–Crippen MR) is 195 cm³/mol. The summed E-state index contributed by atoms with van der Waals surface area (Å²) in [5.74, 6) is -0.542. The summed E-state index contributed by atoms with van der Waals surface area (Å²) >= 11 is 0. The van der Waals surface area contributed by atoms with Crippen LogP contribution in [-0.2, 0) is 14.3 Å². The number of anilines is 2. The van der Waals surface area contributed by atoms with E-state index in [9.17, 15) is 27.6 Å². The van der Waals surface area contributed by atoms with Gasteiger partial charge in [0, 0.05) is 23.9 Å². The molecule has 0 aromatic heterocycles. The molecule has 3 aromatic rings. The van der Waals surface area contributed by atoms with Crippen LogP contribution in [0.1, 0.15) is 110 Å². The van der Waals surface area contributed by atoms with Gasteiger partial charge in [0.1, 0.15) is 11.5 Å². The highest BCUT2D eigenvalue weighted by Gasteiger charge is 2.25. The molecule has 0 unspecified atom stereocenters. The molecule has 0 bridgehead atoms. The van der Waals surface area contributed by atoms with Gasteiger partial charge in [0.05, 0.1) is 30.9 Å². The van der Waals surface area contributed by atoms with Gasteiger partial charge in [0.2, 0.25) is 0 Å². The summed E-state index contributed by atoms with van der Waals surface area (Å²) in [6, 6.07) is 17.7. The van der Waals surface area contributed by atoms with Crippen molar-refractivity contribution >= 4 is 35.4 Å². The number of esters is 3. The summed E-state index contributed by atoms with van der Waals surface area (Å²) in [6.45, 7) is 1.02. The number of carbonyl (C=O) groups is 3. The third-order valence-corrected chi connectivity index (χ3v) is 7.95. The second kappa shape index (κ2) is 22.7. The molecule has 3 aromatic carbocycles. The smallest absolute Gasteiger partial charge is 0.389 e. The van der Waals surface area contributed by atoms with E-state index in [1.807, 2.05) is 0 Å². The zero-order valence-electron chi connectivity index (χ0n) is 29.5. The average Bonchev–Trinajstić information content (AvgIpc) is 3.10. The first-order chi connectivity index (χ1) is 25.0. The van der Waals surface area contributed by atoms with Crippen molar-refractivity contribution < 1.29 is 46.5 Å². The summed E-state index contributed by atoms with van der Waals surface area (Å²) < 4.78 is 58.1. The molecule has 0 spiro atoms. The molecule has 0 aliphatic heterocycles. The second-order valence-electron chi connectivity index (χ2n) is 12.5. The fourth-order valence-electron chi connectivity index (χ4n) is 5.16. The molecule has 0 aliphatic carbocycles. The van der Waals surface area contributed by atoms with Gasteiger partial charge in [-0.3, -0.25) is 0 Å². The molecule has 52 heavy (non-hydrogen) atoms. The Balaban J connectivity index is 1.17. The summed E-state index contributed by atoms with van der Waals surface area (Å²) in [5.41, 5.74) is 13.7. The molecule has 0 saturated heterocycles. The van der Waals surface area contributed by atoms with Crippen molar-refractivity contribution in [1.82, 2.24) is 0 Å². The molecule has 4 N–H and O–H groups in total. The third-order valence-electron chi connectivity index (χ3n) is 7.95. The SMILES string of the molecule is Nc1cc(N)cc(C(=O)OCCCCCCCCCCCOC(=O)/C=C/c2ccc(OC(=O)c3ccc(OCCCCCC(F)(F)F)cc3)cc2)c1. The Hall–Kier alpha value is -5.00. The van der Waals surface area contributed by atoms with Gasteiger partial charge in [-0.15, -0.1) is 0 Å². The van der Waals surface area contributed by atoms with E-state index in [1.54, 1.807) is 72.8 Å². The van der Waals surface area contributed by atoms with Crippen molar-refractivity contribution in [2.45, 2.75) is 89.6 Å². The largest absolute Gasteiger partial charge is 0.494 e. The van der Waals surface area contributed by atoms with Crippen molar-refractivity contribution in [3.8, 4) is 11.5 Å². The molecule has 0 saturated carbocycles. The molecule has 12 heteroatoms. The lowest BCUT2D eigenvalue weighted by Gasteiger charge is -2.08. The molecule has 0 atom stereocenters. The highest BCUT2D eigenvalue weighted by atomic mass is 19.4. The van der Waals surface area contributed by atoms with Crippen LogP contribution in [0.2, 0.25) is 0 Å². The van der Waals surface area contributed by atoms with Crippen LogP contribution in [0, 0.1) is 0 Å². The van der Waals surface area contributed by atoms with Crippen LogP contribution in [0.3, 0.4) is 0 Å². The number of hydrogen-bond donors (Lipinski definition) is 2. The summed E-state index contributed by atoms with van der Waals surface area (Å²) in [6.07, 6.45) is 8.18. The molecule has 9 nitrogen and oxygen atoms in total. The summed E-state index contributed by atoms with van der Waals surface area (Å²) in [7, 11) is 0. The van der Waals surface area contributed by atoms with Crippen molar-refractivity contribution in [3.05, 3.63) is 89.5 Å². The van der Waals surface area contributed by atoms with E-state index in [0.717, 1.165) is 63.4 Å². The number of hydrogen-bond acceptors (Lipinski definition) is 9. The predicted octanol–water partition coefficient (Wildman–Crippen LogP) is 9.50. The summed E-state index contributed by atoms with van der Waals surface area (Å²) in [4.78, 5) is 36.7. The van der Waals surface area contributed by atoms with Crippen LogP contribution in [0.5, 0.6) is 11.5 Å². The van der Waals surface area contributed by atoms with Crippen molar-refractivity contribution in [3.63, 3.8) is 0 Å². The molecule has 0 fully saturated rings. The maximum atomic E-state index is 12.5. The Bertz CT molecular complexity index is 1540. The van der Waals surface area contributed by atoms with E-state index < -0.39 is 30.5 Å². The minimum absolute atomic E-state index is 0.0719. The first-order valence-electron chi connectivity index (χ1n) is 17.8. The molecular formula is C40H49F3N2O7. The Morgan fingerprint density at radius 3 is 1.69 bits per heavy atom. The number of rotatable bonds is 23. The van der Waals surface area contributed by atoms with Gasteiger partial charge in [0.25, 0.3) is 0 Å². The van der Waals surface area contributed by atoms with Crippen LogP contribution in [0.4, 0.5) is 24.5 Å². The number of ether oxygens (including phenoxy) is 4. The normalized spacial score (nSPS) is 11.4. The van der Waals surface area contributed by atoms with E-state index in [4.69, 9.17) is 30.4 Å². The zero-order valence-corrected chi connectivity index (χ0v) is 29.5. The van der Waals surface area contributed by atoms with Crippen molar-refractivity contribution in [1.29, 1.82) is 0 Å². The van der Waals surface area contributed by atoms with Crippen molar-refractivity contribution in [2.24, 2.45) is 0 Å². The van der Waals surface area contributed by atoms with Crippen LogP contribution in [-0.4, -0.2) is 43.9 Å². The first kappa shape index (κ1) is 41.4. The van der Waals surface area contributed by atoms with E-state index in [0.29, 0.717) is 66.7 Å². The number of alkyl halides is 3. The maximum Gasteiger partial charge on any atom is 0.389 e. The minimum Gasteiger partial charge on any atom is -0.494 e. The van der Waals surface area contributed by atoms with Gasteiger partial charge in [0.15, 0.2) is 0 Å². The molecule has 3 rings (SSSR count). The highest BCUT2D eigenvalue weighted by molar-refractivity contribution is 5.92. The van der Waals surface area contributed by atoms with Gasteiger partial charge in [-0.1, -0.05) is 57.1 Å². The van der Waals surface area contributed by atoms with Gasteiger partial charge in [-0.25, -0.2) is 14.4 Å². The maximum absolute atomic E-state index is 12.5. The van der Waals surface area contributed by atoms with E-state index in [-0.39, 0.29) is 6.42 Å². The minimum atomic E-state index is -4.13. The number of unbranched alkanes of at least 4 members (excludes halogenated alkanes) is 10. The lowest BCUT2D eigenvalue weighted by Crippen LogP contribution is -2.08. The van der Waals surface area contributed by atoms with Gasteiger partial charge < -0.3 is 30.4 Å². The molecule has 282 valence electrons. The van der Waals surface area contributed by atoms with E-state index >= 15 is 0 Å². The van der Waals surface area contributed by atoms with Crippen LogP contribution < -0.4 is 20.9 Å². The van der Waals surface area contributed by atoms with Gasteiger partial charge in [-0.2, -0.15) is 13.2 Å². The molecule has 0 radical (unpaired) electrons. The number of nitrogens with two attached hydrogens (primary N) is 2.